The van der Waals surface area contributed by atoms with Crippen molar-refractivity contribution in [1.29, 1.82) is 0 Å². The standard InChI is InChI=1S/C10H14FN3S/c1-6(2)8-4-3-7(11)5-9(8)13-14-10(12)15/h3-6,13H,1-2H3,(H3,12,14,15). The predicted octanol–water partition coefficient (Wildman–Crippen LogP) is 2.11. The lowest BCUT2D eigenvalue weighted by molar-refractivity contribution is 0.626. The fourth-order valence-electron chi connectivity index (χ4n) is 1.27. The maximum atomic E-state index is 13.0. The minimum atomic E-state index is -0.299. The summed E-state index contributed by atoms with van der Waals surface area (Å²) in [6.45, 7) is 4.05. The molecule has 4 N–H and O–H groups in total. The molecule has 0 spiro atoms. The van der Waals surface area contributed by atoms with Gasteiger partial charge in [0.05, 0.1) is 5.69 Å². The van der Waals surface area contributed by atoms with E-state index in [9.17, 15) is 4.39 Å². The number of anilines is 1. The lowest BCUT2D eigenvalue weighted by Gasteiger charge is -2.15. The molecule has 1 aromatic rings. The highest BCUT2D eigenvalue weighted by atomic mass is 32.1. The molecule has 0 radical (unpaired) electrons. The minimum absolute atomic E-state index is 0.119. The highest BCUT2D eigenvalue weighted by Crippen LogP contribution is 2.24. The van der Waals surface area contributed by atoms with E-state index in [1.165, 1.54) is 12.1 Å². The smallest absolute Gasteiger partial charge is 0.182 e. The summed E-state index contributed by atoms with van der Waals surface area (Å²) in [6.07, 6.45) is 0. The van der Waals surface area contributed by atoms with E-state index in [4.69, 9.17) is 5.73 Å². The van der Waals surface area contributed by atoms with Gasteiger partial charge in [-0.05, 0) is 35.8 Å². The molecule has 82 valence electrons. The molecule has 0 unspecified atom stereocenters. The Morgan fingerprint density at radius 1 is 1.47 bits per heavy atom. The van der Waals surface area contributed by atoms with Gasteiger partial charge in [-0.25, -0.2) is 4.39 Å². The second-order valence-corrected chi connectivity index (χ2v) is 3.94. The summed E-state index contributed by atoms with van der Waals surface area (Å²) in [7, 11) is 0. The summed E-state index contributed by atoms with van der Waals surface area (Å²) >= 11 is 4.65. The first-order valence-corrected chi connectivity index (χ1v) is 5.02. The Bertz CT molecular complexity index is 366. The van der Waals surface area contributed by atoms with E-state index < -0.39 is 0 Å². The molecule has 0 aliphatic rings. The van der Waals surface area contributed by atoms with Crippen molar-refractivity contribution < 1.29 is 4.39 Å². The van der Waals surface area contributed by atoms with Crippen molar-refractivity contribution in [1.82, 2.24) is 5.43 Å². The molecule has 0 saturated heterocycles. The van der Waals surface area contributed by atoms with E-state index in [1.54, 1.807) is 6.07 Å². The van der Waals surface area contributed by atoms with Gasteiger partial charge in [0.1, 0.15) is 5.82 Å². The van der Waals surface area contributed by atoms with Crippen molar-refractivity contribution in [2.75, 3.05) is 5.43 Å². The zero-order chi connectivity index (χ0) is 11.4. The van der Waals surface area contributed by atoms with E-state index in [0.29, 0.717) is 11.6 Å². The molecule has 0 amide bonds. The monoisotopic (exact) mass is 227 g/mol. The highest BCUT2D eigenvalue weighted by molar-refractivity contribution is 7.80. The van der Waals surface area contributed by atoms with Crippen LogP contribution in [0.2, 0.25) is 0 Å². The molecule has 3 nitrogen and oxygen atoms in total. The van der Waals surface area contributed by atoms with Crippen molar-refractivity contribution in [3.05, 3.63) is 29.6 Å². The van der Waals surface area contributed by atoms with Crippen LogP contribution in [0.25, 0.3) is 0 Å². The molecule has 0 fully saturated rings. The van der Waals surface area contributed by atoms with Crippen LogP contribution < -0.4 is 16.6 Å². The van der Waals surface area contributed by atoms with Gasteiger partial charge in [0.25, 0.3) is 0 Å². The Hall–Kier alpha value is -1.36. The van der Waals surface area contributed by atoms with Gasteiger partial charge in [0.2, 0.25) is 0 Å². The number of hydrogen-bond donors (Lipinski definition) is 3. The van der Waals surface area contributed by atoms with E-state index in [0.717, 1.165) is 5.56 Å². The van der Waals surface area contributed by atoms with Crippen LogP contribution in [-0.2, 0) is 0 Å². The third-order valence-corrected chi connectivity index (χ3v) is 2.06. The lowest BCUT2D eigenvalue weighted by Crippen LogP contribution is -2.34. The van der Waals surface area contributed by atoms with Crippen LogP contribution in [0.5, 0.6) is 0 Å². The van der Waals surface area contributed by atoms with E-state index in [1.807, 2.05) is 13.8 Å². The van der Waals surface area contributed by atoms with Crippen molar-refractivity contribution in [3.8, 4) is 0 Å². The van der Waals surface area contributed by atoms with E-state index in [-0.39, 0.29) is 10.9 Å². The number of hydrazine groups is 1. The molecule has 0 aliphatic heterocycles. The second-order valence-electron chi connectivity index (χ2n) is 3.50. The van der Waals surface area contributed by atoms with Gasteiger partial charge in [-0.1, -0.05) is 19.9 Å². The van der Waals surface area contributed by atoms with Gasteiger partial charge in [-0.2, -0.15) is 0 Å². The average molecular weight is 227 g/mol. The minimum Gasteiger partial charge on any atom is -0.375 e. The maximum absolute atomic E-state index is 13.0. The number of halogens is 1. The van der Waals surface area contributed by atoms with E-state index >= 15 is 0 Å². The maximum Gasteiger partial charge on any atom is 0.182 e. The van der Waals surface area contributed by atoms with Crippen LogP contribution in [0.4, 0.5) is 10.1 Å². The first kappa shape index (κ1) is 11.7. The van der Waals surface area contributed by atoms with Crippen molar-refractivity contribution in [3.63, 3.8) is 0 Å². The average Bonchev–Trinajstić information content (AvgIpc) is 2.14. The molecule has 0 saturated carbocycles. The Labute approximate surface area is 93.8 Å². The van der Waals surface area contributed by atoms with Crippen LogP contribution in [0.1, 0.15) is 25.3 Å². The Kier molecular flexibility index (Phi) is 3.85. The summed E-state index contributed by atoms with van der Waals surface area (Å²) in [5.74, 6) is -0.00659. The predicted molar refractivity (Wildman–Crippen MR) is 64.0 cm³/mol. The Balaban J connectivity index is 2.91. The number of rotatable bonds is 3. The number of hydrogen-bond acceptors (Lipinski definition) is 2. The SMILES string of the molecule is CC(C)c1ccc(F)cc1NNC(N)=S. The Morgan fingerprint density at radius 2 is 2.13 bits per heavy atom. The molecule has 0 heterocycles. The highest BCUT2D eigenvalue weighted by Gasteiger charge is 2.07. The fourth-order valence-corrected chi connectivity index (χ4v) is 1.32. The zero-order valence-electron chi connectivity index (χ0n) is 8.67. The molecule has 0 bridgehead atoms. The third-order valence-electron chi connectivity index (χ3n) is 1.96. The van der Waals surface area contributed by atoms with Crippen molar-refractivity contribution in [2.24, 2.45) is 5.73 Å². The molecule has 0 atom stereocenters. The molecular weight excluding hydrogens is 213 g/mol. The second kappa shape index (κ2) is 4.93. The summed E-state index contributed by atoms with van der Waals surface area (Å²) in [5, 5.41) is 0.119. The molecule has 0 aliphatic carbocycles. The molecule has 1 aromatic carbocycles. The molecular formula is C10H14FN3S. The van der Waals surface area contributed by atoms with Crippen LogP contribution in [0.15, 0.2) is 18.2 Å². The van der Waals surface area contributed by atoms with Crippen molar-refractivity contribution in [2.45, 2.75) is 19.8 Å². The van der Waals surface area contributed by atoms with Gasteiger partial charge in [0, 0.05) is 0 Å². The van der Waals surface area contributed by atoms with Gasteiger partial charge in [0.15, 0.2) is 5.11 Å². The topological polar surface area (TPSA) is 50.1 Å². The quantitative estimate of drug-likeness (QED) is 0.547. The number of thiocarbonyl (C=S) groups is 1. The number of nitrogens with two attached hydrogens (primary N) is 1. The van der Waals surface area contributed by atoms with Crippen molar-refractivity contribution >= 4 is 23.0 Å². The van der Waals surface area contributed by atoms with Gasteiger partial charge in [-0.3, -0.25) is 10.9 Å². The summed E-state index contributed by atoms with van der Waals surface area (Å²) in [6, 6.07) is 4.57. The van der Waals surface area contributed by atoms with Crippen LogP contribution in [0.3, 0.4) is 0 Å². The Morgan fingerprint density at radius 3 is 2.67 bits per heavy atom. The first-order valence-electron chi connectivity index (χ1n) is 4.61. The van der Waals surface area contributed by atoms with Gasteiger partial charge in [-0.15, -0.1) is 0 Å². The number of nitrogens with one attached hydrogen (secondary N) is 2. The van der Waals surface area contributed by atoms with Gasteiger partial charge >= 0.3 is 0 Å². The van der Waals surface area contributed by atoms with Crippen LogP contribution in [0, 0.1) is 5.82 Å². The summed E-state index contributed by atoms with van der Waals surface area (Å²) in [4.78, 5) is 0. The summed E-state index contributed by atoms with van der Waals surface area (Å²) < 4.78 is 13.0. The third kappa shape index (κ3) is 3.36. The van der Waals surface area contributed by atoms with Crippen LogP contribution in [-0.4, -0.2) is 5.11 Å². The lowest BCUT2D eigenvalue weighted by atomic mass is 10.0. The van der Waals surface area contributed by atoms with Crippen LogP contribution >= 0.6 is 12.2 Å². The first-order chi connectivity index (χ1) is 7.00. The molecule has 0 aromatic heterocycles. The van der Waals surface area contributed by atoms with Gasteiger partial charge < -0.3 is 5.73 Å². The van der Waals surface area contributed by atoms with E-state index in [2.05, 4.69) is 23.1 Å². The summed E-state index contributed by atoms with van der Waals surface area (Å²) in [5.41, 5.74) is 12.3. The number of benzene rings is 1. The molecule has 1 rings (SSSR count). The normalized spacial score (nSPS) is 10.1. The largest absolute Gasteiger partial charge is 0.375 e. The molecule has 5 heteroatoms. The molecule has 15 heavy (non-hydrogen) atoms. The fraction of sp³-hybridized carbons (Fsp3) is 0.300. The zero-order valence-corrected chi connectivity index (χ0v) is 9.49.